The Morgan fingerprint density at radius 2 is 0.632 bits per heavy atom. The van der Waals surface area contributed by atoms with E-state index in [4.69, 9.17) is 14.2 Å². The summed E-state index contributed by atoms with van der Waals surface area (Å²) >= 11 is 0. The first kappa shape index (κ1) is 64.1. The fourth-order valence-electron chi connectivity index (χ4n) is 7.42. The fraction of sp³-hybridized carbons (Fsp3) is 0.661. The van der Waals surface area contributed by atoms with Crippen molar-refractivity contribution >= 4 is 17.9 Å². The molecule has 68 heavy (non-hydrogen) atoms. The van der Waals surface area contributed by atoms with Crippen LogP contribution >= 0.6 is 0 Å². The van der Waals surface area contributed by atoms with E-state index in [0.29, 0.717) is 19.3 Å². The van der Waals surface area contributed by atoms with Crippen molar-refractivity contribution in [1.29, 1.82) is 0 Å². The second-order valence-corrected chi connectivity index (χ2v) is 18.2. The van der Waals surface area contributed by atoms with Crippen LogP contribution in [0.3, 0.4) is 0 Å². The molecule has 0 aromatic rings. The Hall–Kier alpha value is -3.93. The van der Waals surface area contributed by atoms with E-state index in [1.165, 1.54) is 83.5 Å². The number of esters is 3. The molecular formula is C62H102O6. The maximum Gasteiger partial charge on any atom is 0.306 e. The SMILES string of the molecule is CC/C=C\C/C=C\C/C=C\C/C=C\C/C=C\CCCCCC(=O)OCC(COC(=O)CCCCCCCCCCCCCCC)OC(=O)CCCCCCC\C=C/C=C\C=C/C=C\CCCCC. The van der Waals surface area contributed by atoms with Gasteiger partial charge in [0.15, 0.2) is 6.10 Å². The van der Waals surface area contributed by atoms with Crippen molar-refractivity contribution in [3.8, 4) is 0 Å². The molecule has 0 aliphatic heterocycles. The summed E-state index contributed by atoms with van der Waals surface area (Å²) in [5.41, 5.74) is 0. The molecule has 6 nitrogen and oxygen atoms in total. The van der Waals surface area contributed by atoms with Gasteiger partial charge in [0.25, 0.3) is 0 Å². The molecule has 1 unspecified atom stereocenters. The molecule has 6 heteroatoms. The highest BCUT2D eigenvalue weighted by atomic mass is 16.6. The Labute approximate surface area is 419 Å². The van der Waals surface area contributed by atoms with Crippen LogP contribution < -0.4 is 0 Å². The molecule has 0 saturated carbocycles. The number of rotatable bonds is 49. The minimum Gasteiger partial charge on any atom is -0.462 e. The number of carbonyl (C=O) groups is 3. The molecule has 386 valence electrons. The van der Waals surface area contributed by atoms with E-state index in [1.54, 1.807) is 0 Å². The predicted molar refractivity (Wildman–Crippen MR) is 293 cm³/mol. The Bertz CT molecular complexity index is 1410. The monoisotopic (exact) mass is 943 g/mol. The largest absolute Gasteiger partial charge is 0.462 e. The third-order valence-corrected chi connectivity index (χ3v) is 11.6. The fourth-order valence-corrected chi connectivity index (χ4v) is 7.42. The van der Waals surface area contributed by atoms with E-state index in [-0.39, 0.29) is 31.1 Å². The van der Waals surface area contributed by atoms with Crippen LogP contribution in [0.25, 0.3) is 0 Å². The molecule has 0 N–H and O–H groups in total. The van der Waals surface area contributed by atoms with Crippen molar-refractivity contribution in [2.45, 2.75) is 252 Å². The van der Waals surface area contributed by atoms with Gasteiger partial charge in [-0.3, -0.25) is 14.4 Å². The molecular weight excluding hydrogens is 841 g/mol. The van der Waals surface area contributed by atoms with Crippen LogP contribution in [0.2, 0.25) is 0 Å². The molecule has 0 aromatic heterocycles. The number of carbonyl (C=O) groups excluding carboxylic acids is 3. The van der Waals surface area contributed by atoms with Gasteiger partial charge in [-0.15, -0.1) is 0 Å². The van der Waals surface area contributed by atoms with Gasteiger partial charge in [-0.25, -0.2) is 0 Å². The zero-order valence-electron chi connectivity index (χ0n) is 44.1. The second kappa shape index (κ2) is 55.7. The number of hydrogen-bond acceptors (Lipinski definition) is 6. The normalized spacial score (nSPS) is 12.9. The Balaban J connectivity index is 4.51. The third kappa shape index (κ3) is 53.0. The molecule has 0 aliphatic carbocycles. The highest BCUT2D eigenvalue weighted by molar-refractivity contribution is 5.71. The quantitative estimate of drug-likeness (QED) is 0.0199. The molecule has 0 saturated heterocycles. The molecule has 0 radical (unpaired) electrons. The van der Waals surface area contributed by atoms with Crippen molar-refractivity contribution in [2.24, 2.45) is 0 Å². The standard InChI is InChI=1S/C62H102O6/c1-4-7-10-13-16-19-22-25-27-29-31-33-34-37-40-43-46-49-52-55-61(64)67-58-59(57-66-60(63)54-51-48-45-42-39-36-24-21-18-15-12-9-6-3)68-62(65)56-53-50-47-44-41-38-35-32-30-28-26-23-20-17-14-11-8-5-2/h7,10,16-17,19-20,23,25-28,30-33,35,37,40,59H,4-6,8-9,11-15,18,21-22,24,29,34,36,38-39,41-58H2,1-3H3/b10-7-,19-16-,20-17-,26-23-,27-25-,30-28-,33-31-,35-32-,40-37-. The lowest BCUT2D eigenvalue weighted by Gasteiger charge is -2.18. The zero-order chi connectivity index (χ0) is 49.3. The molecule has 0 spiro atoms. The van der Waals surface area contributed by atoms with Crippen LogP contribution in [-0.4, -0.2) is 37.2 Å². The number of hydrogen-bond donors (Lipinski definition) is 0. The molecule has 1 atom stereocenters. The van der Waals surface area contributed by atoms with Gasteiger partial charge in [-0.1, -0.05) is 246 Å². The summed E-state index contributed by atoms with van der Waals surface area (Å²) in [7, 11) is 0. The van der Waals surface area contributed by atoms with Gasteiger partial charge in [0, 0.05) is 19.3 Å². The summed E-state index contributed by atoms with van der Waals surface area (Å²) in [5.74, 6) is -0.955. The highest BCUT2D eigenvalue weighted by Gasteiger charge is 2.19. The van der Waals surface area contributed by atoms with E-state index in [9.17, 15) is 14.4 Å². The Kier molecular flexibility index (Phi) is 52.4. The first-order valence-corrected chi connectivity index (χ1v) is 27.9. The second-order valence-electron chi connectivity index (χ2n) is 18.2. The third-order valence-electron chi connectivity index (χ3n) is 11.6. The van der Waals surface area contributed by atoms with Crippen molar-refractivity contribution in [2.75, 3.05) is 13.2 Å². The van der Waals surface area contributed by atoms with Gasteiger partial charge in [0.1, 0.15) is 13.2 Å². The van der Waals surface area contributed by atoms with Gasteiger partial charge in [-0.05, 0) is 89.9 Å². The van der Waals surface area contributed by atoms with E-state index < -0.39 is 6.10 Å². The molecule has 0 heterocycles. The van der Waals surface area contributed by atoms with E-state index in [0.717, 1.165) is 122 Å². The lowest BCUT2D eigenvalue weighted by atomic mass is 10.0. The summed E-state index contributed by atoms with van der Waals surface area (Å²) < 4.78 is 16.8. The topological polar surface area (TPSA) is 78.9 Å². The molecule has 0 rings (SSSR count). The maximum atomic E-state index is 12.8. The molecule has 0 fully saturated rings. The smallest absolute Gasteiger partial charge is 0.306 e. The van der Waals surface area contributed by atoms with Crippen molar-refractivity contribution < 1.29 is 28.6 Å². The Morgan fingerprint density at radius 1 is 0.324 bits per heavy atom. The zero-order valence-corrected chi connectivity index (χ0v) is 44.1. The number of ether oxygens (including phenoxy) is 3. The predicted octanol–water partition coefficient (Wildman–Crippen LogP) is 18.7. The molecule has 0 aromatic carbocycles. The van der Waals surface area contributed by atoms with Crippen molar-refractivity contribution in [3.63, 3.8) is 0 Å². The Morgan fingerprint density at radius 3 is 1.07 bits per heavy atom. The van der Waals surface area contributed by atoms with Crippen LogP contribution in [0.5, 0.6) is 0 Å². The summed E-state index contributed by atoms with van der Waals surface area (Å²) in [4.78, 5) is 38.1. The van der Waals surface area contributed by atoms with Gasteiger partial charge in [0.2, 0.25) is 0 Å². The van der Waals surface area contributed by atoms with E-state index in [2.05, 4.69) is 130 Å². The minimum absolute atomic E-state index is 0.0985. The van der Waals surface area contributed by atoms with Gasteiger partial charge in [0.05, 0.1) is 0 Å². The first-order chi connectivity index (χ1) is 33.5. The van der Waals surface area contributed by atoms with Crippen LogP contribution in [0.1, 0.15) is 245 Å². The average molecular weight is 943 g/mol. The highest BCUT2D eigenvalue weighted by Crippen LogP contribution is 2.15. The minimum atomic E-state index is -0.805. The van der Waals surface area contributed by atoms with Crippen LogP contribution in [0.15, 0.2) is 109 Å². The summed E-state index contributed by atoms with van der Waals surface area (Å²) in [5, 5.41) is 0. The lowest BCUT2D eigenvalue weighted by Crippen LogP contribution is -2.30. The maximum absolute atomic E-state index is 12.8. The lowest BCUT2D eigenvalue weighted by molar-refractivity contribution is -0.167. The van der Waals surface area contributed by atoms with E-state index in [1.807, 2.05) is 0 Å². The van der Waals surface area contributed by atoms with Crippen molar-refractivity contribution in [3.05, 3.63) is 109 Å². The molecule has 0 amide bonds. The summed E-state index contributed by atoms with van der Waals surface area (Å²) in [6.45, 7) is 6.44. The summed E-state index contributed by atoms with van der Waals surface area (Å²) in [6.07, 6.45) is 74.9. The van der Waals surface area contributed by atoms with Crippen LogP contribution in [-0.2, 0) is 28.6 Å². The van der Waals surface area contributed by atoms with Gasteiger partial charge in [-0.2, -0.15) is 0 Å². The molecule has 0 bridgehead atoms. The first-order valence-electron chi connectivity index (χ1n) is 27.9. The number of allylic oxidation sites excluding steroid dienone is 18. The average Bonchev–Trinajstić information content (AvgIpc) is 3.34. The number of unbranched alkanes of at least 4 members (excludes halogenated alkanes) is 23. The van der Waals surface area contributed by atoms with E-state index >= 15 is 0 Å². The van der Waals surface area contributed by atoms with Gasteiger partial charge < -0.3 is 14.2 Å². The van der Waals surface area contributed by atoms with Crippen LogP contribution in [0.4, 0.5) is 0 Å². The van der Waals surface area contributed by atoms with Crippen molar-refractivity contribution in [1.82, 2.24) is 0 Å². The summed E-state index contributed by atoms with van der Waals surface area (Å²) in [6, 6.07) is 0. The van der Waals surface area contributed by atoms with Gasteiger partial charge >= 0.3 is 17.9 Å². The molecule has 0 aliphatic rings. The van der Waals surface area contributed by atoms with Crippen LogP contribution in [0, 0.1) is 0 Å².